The third kappa shape index (κ3) is 1.87. The molecule has 0 bridgehead atoms. The number of nitrogens with zero attached hydrogens (tertiary/aromatic N) is 2. The third-order valence-corrected chi connectivity index (χ3v) is 2.39. The number of carbonyl (C=O) groups excluding carboxylic acids is 1. The van der Waals surface area contributed by atoms with E-state index in [0.29, 0.717) is 23.6 Å². The summed E-state index contributed by atoms with van der Waals surface area (Å²) in [5.41, 5.74) is 0. The first-order valence-corrected chi connectivity index (χ1v) is 5.13. The predicted molar refractivity (Wildman–Crippen MR) is 55.2 cm³/mol. The summed E-state index contributed by atoms with van der Waals surface area (Å²) in [5.74, 6) is 0.629. The molecule has 1 aromatic heterocycles. The molecule has 2 rings (SSSR count). The van der Waals surface area contributed by atoms with Crippen molar-refractivity contribution in [1.82, 2.24) is 4.98 Å². The van der Waals surface area contributed by atoms with Gasteiger partial charge in [-0.15, -0.1) is 0 Å². The molecular formula is C9H9BrN2O2. The molecule has 0 unspecified atom stereocenters. The molecule has 0 aliphatic carbocycles. The molecular weight excluding hydrogens is 248 g/mol. The summed E-state index contributed by atoms with van der Waals surface area (Å²) < 4.78 is 5.63. The van der Waals surface area contributed by atoms with Gasteiger partial charge >= 0.3 is 6.09 Å². The van der Waals surface area contributed by atoms with Gasteiger partial charge in [0.25, 0.3) is 0 Å². The van der Waals surface area contributed by atoms with Gasteiger partial charge < -0.3 is 4.74 Å². The molecule has 1 fully saturated rings. The highest BCUT2D eigenvalue weighted by atomic mass is 79.9. The summed E-state index contributed by atoms with van der Waals surface area (Å²) in [7, 11) is 0. The van der Waals surface area contributed by atoms with E-state index in [1.807, 2.05) is 12.1 Å². The Bertz CT molecular complexity index is 356. The van der Waals surface area contributed by atoms with Crippen molar-refractivity contribution in [3.8, 4) is 0 Å². The first-order valence-electron chi connectivity index (χ1n) is 4.34. The maximum atomic E-state index is 11.4. The first-order chi connectivity index (χ1) is 6.77. The van der Waals surface area contributed by atoms with E-state index in [1.165, 1.54) is 4.90 Å². The van der Waals surface area contributed by atoms with Gasteiger partial charge in [0.05, 0.1) is 6.61 Å². The fourth-order valence-corrected chi connectivity index (χ4v) is 1.64. The lowest BCUT2D eigenvalue weighted by Gasteiger charge is -2.25. The Morgan fingerprint density at radius 3 is 3.07 bits per heavy atom. The molecule has 1 amide bonds. The smallest absolute Gasteiger partial charge is 0.415 e. The Kier molecular flexibility index (Phi) is 2.67. The maximum absolute atomic E-state index is 11.4. The van der Waals surface area contributed by atoms with Crippen molar-refractivity contribution in [2.24, 2.45) is 0 Å². The van der Waals surface area contributed by atoms with Crippen LogP contribution in [0.3, 0.4) is 0 Å². The summed E-state index contributed by atoms with van der Waals surface area (Å²) >= 11 is 3.26. The fourth-order valence-electron chi connectivity index (χ4n) is 1.31. The van der Waals surface area contributed by atoms with Crippen LogP contribution in [0.4, 0.5) is 10.6 Å². The zero-order valence-electron chi connectivity index (χ0n) is 7.44. The molecule has 0 aromatic carbocycles. The summed E-state index contributed by atoms with van der Waals surface area (Å²) in [5, 5.41) is 0. The Labute approximate surface area is 90.0 Å². The summed E-state index contributed by atoms with van der Waals surface area (Å²) in [4.78, 5) is 17.1. The lowest BCUT2D eigenvalue weighted by atomic mass is 10.3. The zero-order valence-corrected chi connectivity index (χ0v) is 9.03. The van der Waals surface area contributed by atoms with Crippen molar-refractivity contribution in [3.05, 3.63) is 22.8 Å². The van der Waals surface area contributed by atoms with Crippen LogP contribution in [-0.2, 0) is 4.74 Å². The second kappa shape index (κ2) is 3.96. The van der Waals surface area contributed by atoms with Crippen LogP contribution in [0.5, 0.6) is 0 Å². The molecule has 1 aliphatic heterocycles. The topological polar surface area (TPSA) is 42.4 Å². The number of anilines is 1. The molecule has 0 saturated carbocycles. The van der Waals surface area contributed by atoms with Crippen LogP contribution in [0.1, 0.15) is 6.42 Å². The minimum atomic E-state index is -0.318. The van der Waals surface area contributed by atoms with Gasteiger partial charge in [0, 0.05) is 6.54 Å². The summed E-state index contributed by atoms with van der Waals surface area (Å²) in [6.45, 7) is 1.17. The molecule has 1 aromatic rings. The number of carbonyl (C=O) groups is 1. The standard InChI is InChI=1S/C9H9BrN2O2/c10-7-3-1-4-8(11-7)12-5-2-6-14-9(12)13/h1,3-4H,2,5-6H2. The molecule has 1 saturated heterocycles. The highest BCUT2D eigenvalue weighted by molar-refractivity contribution is 9.10. The lowest BCUT2D eigenvalue weighted by Crippen LogP contribution is -2.38. The second-order valence-corrected chi connectivity index (χ2v) is 3.75. The van der Waals surface area contributed by atoms with Crippen molar-refractivity contribution in [3.63, 3.8) is 0 Å². The Hall–Kier alpha value is -1.10. The van der Waals surface area contributed by atoms with Gasteiger partial charge in [0.1, 0.15) is 10.4 Å². The minimum Gasteiger partial charge on any atom is -0.449 e. The number of ether oxygens (including phenoxy) is 1. The van der Waals surface area contributed by atoms with Crippen LogP contribution < -0.4 is 4.90 Å². The average molecular weight is 257 g/mol. The van der Waals surface area contributed by atoms with Crippen LogP contribution in [-0.4, -0.2) is 24.2 Å². The largest absolute Gasteiger partial charge is 0.449 e. The van der Waals surface area contributed by atoms with E-state index in [-0.39, 0.29) is 6.09 Å². The first kappa shape index (κ1) is 9.45. The number of cyclic esters (lactones) is 1. The van der Waals surface area contributed by atoms with E-state index in [1.54, 1.807) is 6.07 Å². The average Bonchev–Trinajstić information content (AvgIpc) is 2.18. The number of halogens is 1. The number of pyridine rings is 1. The molecule has 74 valence electrons. The monoisotopic (exact) mass is 256 g/mol. The number of aromatic nitrogens is 1. The predicted octanol–water partition coefficient (Wildman–Crippen LogP) is 2.19. The molecule has 0 N–H and O–H groups in total. The van der Waals surface area contributed by atoms with Gasteiger partial charge in [-0.3, -0.25) is 4.90 Å². The molecule has 0 radical (unpaired) electrons. The van der Waals surface area contributed by atoms with Crippen LogP contribution in [0.2, 0.25) is 0 Å². The van der Waals surface area contributed by atoms with E-state index < -0.39 is 0 Å². The normalized spacial score (nSPS) is 16.6. The number of amides is 1. The van der Waals surface area contributed by atoms with Gasteiger partial charge in [0.2, 0.25) is 0 Å². The molecule has 0 atom stereocenters. The van der Waals surface area contributed by atoms with Gasteiger partial charge in [-0.1, -0.05) is 6.07 Å². The fraction of sp³-hybridized carbons (Fsp3) is 0.333. The number of hydrogen-bond donors (Lipinski definition) is 0. The molecule has 2 heterocycles. The molecule has 1 aliphatic rings. The molecule has 14 heavy (non-hydrogen) atoms. The second-order valence-electron chi connectivity index (χ2n) is 2.94. The number of hydrogen-bond acceptors (Lipinski definition) is 3. The molecule has 5 heteroatoms. The van der Waals surface area contributed by atoms with Crippen LogP contribution in [0, 0.1) is 0 Å². The van der Waals surface area contributed by atoms with Crippen molar-refractivity contribution in [2.45, 2.75) is 6.42 Å². The van der Waals surface area contributed by atoms with E-state index >= 15 is 0 Å². The van der Waals surface area contributed by atoms with E-state index in [4.69, 9.17) is 4.74 Å². The van der Waals surface area contributed by atoms with E-state index in [0.717, 1.165) is 6.42 Å². The Balaban J connectivity index is 2.24. The van der Waals surface area contributed by atoms with Crippen molar-refractivity contribution in [1.29, 1.82) is 0 Å². The third-order valence-electron chi connectivity index (χ3n) is 1.95. The molecule has 0 spiro atoms. The Morgan fingerprint density at radius 1 is 1.50 bits per heavy atom. The van der Waals surface area contributed by atoms with Crippen molar-refractivity contribution < 1.29 is 9.53 Å². The van der Waals surface area contributed by atoms with E-state index in [9.17, 15) is 4.79 Å². The number of rotatable bonds is 1. The minimum absolute atomic E-state index is 0.318. The van der Waals surface area contributed by atoms with Crippen LogP contribution >= 0.6 is 15.9 Å². The maximum Gasteiger partial charge on any atom is 0.415 e. The highest BCUT2D eigenvalue weighted by Gasteiger charge is 2.21. The summed E-state index contributed by atoms with van der Waals surface area (Å²) in [6, 6.07) is 5.45. The molecule has 4 nitrogen and oxygen atoms in total. The van der Waals surface area contributed by atoms with Crippen molar-refractivity contribution >= 4 is 27.8 Å². The van der Waals surface area contributed by atoms with Crippen molar-refractivity contribution in [2.75, 3.05) is 18.1 Å². The lowest BCUT2D eigenvalue weighted by molar-refractivity contribution is 0.140. The quantitative estimate of drug-likeness (QED) is 0.724. The van der Waals surface area contributed by atoms with Gasteiger partial charge in [-0.05, 0) is 34.5 Å². The zero-order chi connectivity index (χ0) is 9.97. The Morgan fingerprint density at radius 2 is 2.36 bits per heavy atom. The van der Waals surface area contributed by atoms with Gasteiger partial charge in [0.15, 0.2) is 0 Å². The van der Waals surface area contributed by atoms with Crippen LogP contribution in [0.25, 0.3) is 0 Å². The van der Waals surface area contributed by atoms with Crippen LogP contribution in [0.15, 0.2) is 22.8 Å². The highest BCUT2D eigenvalue weighted by Crippen LogP contribution is 2.18. The SMILES string of the molecule is O=C1OCCCN1c1cccc(Br)n1. The summed E-state index contributed by atoms with van der Waals surface area (Å²) in [6.07, 6.45) is 0.529. The van der Waals surface area contributed by atoms with Gasteiger partial charge in [-0.2, -0.15) is 0 Å². The van der Waals surface area contributed by atoms with E-state index in [2.05, 4.69) is 20.9 Å². The van der Waals surface area contributed by atoms with Gasteiger partial charge in [-0.25, -0.2) is 9.78 Å².